The van der Waals surface area contributed by atoms with Crippen LogP contribution in [0.15, 0.2) is 0 Å². The van der Waals surface area contributed by atoms with Gasteiger partial charge in [0.2, 0.25) is 0 Å². The summed E-state index contributed by atoms with van der Waals surface area (Å²) in [5.41, 5.74) is 0. The predicted molar refractivity (Wildman–Crippen MR) is 126 cm³/mol. The van der Waals surface area contributed by atoms with E-state index >= 15 is 0 Å². The molecule has 0 saturated carbocycles. The number of hydrogen-bond acceptors (Lipinski definition) is 0. The highest BCUT2D eigenvalue weighted by Gasteiger charge is 2.23. The Kier molecular flexibility index (Phi) is 26.4. The Hall–Kier alpha value is 0.690. The largest absolute Gasteiger partial charge is 1.00 e. The van der Waals surface area contributed by atoms with E-state index in [0.29, 0.717) is 0 Å². The van der Waals surface area contributed by atoms with Crippen LogP contribution in [0.3, 0.4) is 0 Å². The van der Waals surface area contributed by atoms with Crippen molar-refractivity contribution in [3.05, 3.63) is 0 Å². The first-order valence-corrected chi connectivity index (χ1v) is 13.1. The normalized spacial score (nSPS) is 11.6. The quantitative estimate of drug-likeness (QED) is 0.0967. The highest BCUT2D eigenvalue weighted by molar-refractivity contribution is 4.52. The fourth-order valence-corrected chi connectivity index (χ4v) is 4.49. The van der Waals surface area contributed by atoms with Crippen LogP contribution in [0.4, 0.5) is 0 Å². The smallest absolute Gasteiger partial charge is 0.0786 e. The minimum atomic E-state index is 0. The van der Waals surface area contributed by atoms with Crippen molar-refractivity contribution in [1.29, 1.82) is 0 Å². The summed E-state index contributed by atoms with van der Waals surface area (Å²) < 4.78 is 1.43. The number of nitrogens with zero attached hydrogens (tertiary/aromatic N) is 1. The van der Waals surface area contributed by atoms with Crippen molar-refractivity contribution in [1.82, 2.24) is 0 Å². The van der Waals surface area contributed by atoms with Gasteiger partial charge in [0.25, 0.3) is 0 Å². The average Bonchev–Trinajstić information content (AvgIpc) is 2.69. The van der Waals surface area contributed by atoms with Gasteiger partial charge in [-0.2, -0.15) is 0 Å². The summed E-state index contributed by atoms with van der Waals surface area (Å²) >= 11 is 0. The second-order valence-corrected chi connectivity index (χ2v) is 9.13. The van der Waals surface area contributed by atoms with Crippen molar-refractivity contribution in [3.63, 3.8) is 0 Å². The molecule has 0 aromatic rings. The lowest BCUT2D eigenvalue weighted by Crippen LogP contribution is -3.00. The maximum absolute atomic E-state index is 2.46. The van der Waals surface area contributed by atoms with Crippen LogP contribution in [0.5, 0.6) is 0 Å². The lowest BCUT2D eigenvalue weighted by molar-refractivity contribution is -0.927. The van der Waals surface area contributed by atoms with Gasteiger partial charge in [-0.3, -0.25) is 0 Å². The fraction of sp³-hybridized carbons (Fsp3) is 1.00. The van der Waals surface area contributed by atoms with Crippen LogP contribution in [0.2, 0.25) is 0 Å². The molecule has 0 saturated heterocycles. The molecule has 0 fully saturated rings. The molecule has 172 valence electrons. The standard InChI is InChI=1S/C26H56N.HI/c1-5-9-12-15-18-21-24-27(8-4,25-22-19-16-13-10-6-2)26-23-20-17-14-11-7-3;/h5-26H2,1-4H3;1H/q+1;/p-1. The van der Waals surface area contributed by atoms with Crippen LogP contribution >= 0.6 is 0 Å². The molecule has 28 heavy (non-hydrogen) atoms. The summed E-state index contributed by atoms with van der Waals surface area (Å²) in [4.78, 5) is 0. The molecule has 0 aromatic carbocycles. The van der Waals surface area contributed by atoms with E-state index in [-0.39, 0.29) is 24.0 Å². The lowest BCUT2D eigenvalue weighted by Gasteiger charge is -2.38. The highest BCUT2D eigenvalue weighted by Crippen LogP contribution is 2.18. The van der Waals surface area contributed by atoms with Crippen LogP contribution in [-0.2, 0) is 0 Å². The van der Waals surface area contributed by atoms with Gasteiger partial charge in [-0.15, -0.1) is 0 Å². The number of hydrogen-bond donors (Lipinski definition) is 0. The van der Waals surface area contributed by atoms with Crippen molar-refractivity contribution in [2.75, 3.05) is 26.2 Å². The molecule has 0 aliphatic rings. The maximum Gasteiger partial charge on any atom is 0.0786 e. The molecule has 0 radical (unpaired) electrons. The van der Waals surface area contributed by atoms with E-state index in [1.807, 2.05) is 0 Å². The minimum Gasteiger partial charge on any atom is -1.00 e. The SMILES string of the molecule is CCCCCCCC[N+](CC)(CCCCCCCC)CCCCCCCC.[I-]. The fourth-order valence-electron chi connectivity index (χ4n) is 4.49. The summed E-state index contributed by atoms with van der Waals surface area (Å²) in [5.74, 6) is 0. The molecule has 0 aliphatic carbocycles. The molecule has 0 heterocycles. The molecular formula is C26H56IN. The Morgan fingerprint density at radius 1 is 0.357 bits per heavy atom. The molecule has 0 aromatic heterocycles. The first-order chi connectivity index (χ1) is 13.2. The predicted octanol–water partition coefficient (Wildman–Crippen LogP) is 5.91. The van der Waals surface area contributed by atoms with E-state index in [0.717, 1.165) is 0 Å². The number of unbranched alkanes of at least 4 members (excludes halogenated alkanes) is 15. The average molecular weight is 510 g/mol. The zero-order valence-electron chi connectivity index (χ0n) is 20.4. The van der Waals surface area contributed by atoms with Crippen molar-refractivity contribution in [2.24, 2.45) is 0 Å². The molecule has 0 N–H and O–H groups in total. The molecular weight excluding hydrogens is 453 g/mol. The van der Waals surface area contributed by atoms with Crippen LogP contribution < -0.4 is 24.0 Å². The molecule has 1 nitrogen and oxygen atoms in total. The van der Waals surface area contributed by atoms with Gasteiger partial charge in [-0.1, -0.05) is 97.8 Å². The molecule has 0 amide bonds. The minimum absolute atomic E-state index is 0. The van der Waals surface area contributed by atoms with E-state index in [1.54, 1.807) is 0 Å². The van der Waals surface area contributed by atoms with Crippen molar-refractivity contribution >= 4 is 0 Å². The molecule has 0 spiro atoms. The third kappa shape index (κ3) is 18.7. The highest BCUT2D eigenvalue weighted by atomic mass is 127. The molecule has 0 bridgehead atoms. The Labute approximate surface area is 197 Å². The third-order valence-electron chi connectivity index (χ3n) is 6.63. The summed E-state index contributed by atoms with van der Waals surface area (Å²) in [6.45, 7) is 15.1. The zero-order valence-corrected chi connectivity index (χ0v) is 22.5. The van der Waals surface area contributed by atoms with E-state index in [1.165, 1.54) is 146 Å². The van der Waals surface area contributed by atoms with Gasteiger partial charge in [-0.05, 0) is 45.4 Å². The monoisotopic (exact) mass is 509 g/mol. The second-order valence-electron chi connectivity index (χ2n) is 9.13. The number of quaternary nitrogens is 1. The van der Waals surface area contributed by atoms with E-state index in [2.05, 4.69) is 27.7 Å². The van der Waals surface area contributed by atoms with Gasteiger partial charge in [0.1, 0.15) is 0 Å². The molecule has 2 heteroatoms. The molecule has 0 rings (SSSR count). The van der Waals surface area contributed by atoms with Gasteiger partial charge < -0.3 is 28.5 Å². The van der Waals surface area contributed by atoms with E-state index in [4.69, 9.17) is 0 Å². The van der Waals surface area contributed by atoms with Gasteiger partial charge >= 0.3 is 0 Å². The second kappa shape index (κ2) is 24.0. The van der Waals surface area contributed by atoms with Crippen LogP contribution in [-0.4, -0.2) is 30.7 Å². The van der Waals surface area contributed by atoms with Gasteiger partial charge in [0, 0.05) is 0 Å². The molecule has 0 unspecified atom stereocenters. The van der Waals surface area contributed by atoms with Crippen molar-refractivity contribution in [2.45, 2.75) is 143 Å². The molecule has 0 aliphatic heterocycles. The number of halogens is 1. The Morgan fingerprint density at radius 3 is 0.857 bits per heavy atom. The van der Waals surface area contributed by atoms with Crippen LogP contribution in [0.25, 0.3) is 0 Å². The summed E-state index contributed by atoms with van der Waals surface area (Å²) in [7, 11) is 0. The lowest BCUT2D eigenvalue weighted by atomic mass is 10.1. The van der Waals surface area contributed by atoms with Gasteiger partial charge in [0.05, 0.1) is 26.2 Å². The van der Waals surface area contributed by atoms with Gasteiger partial charge in [0.15, 0.2) is 0 Å². The van der Waals surface area contributed by atoms with Crippen LogP contribution in [0, 0.1) is 0 Å². The first kappa shape index (κ1) is 30.9. The Balaban J connectivity index is 0. The Bertz CT molecular complexity index is 239. The van der Waals surface area contributed by atoms with Crippen molar-refractivity contribution in [3.8, 4) is 0 Å². The molecule has 0 atom stereocenters. The first-order valence-electron chi connectivity index (χ1n) is 13.1. The van der Waals surface area contributed by atoms with Crippen LogP contribution in [0.1, 0.15) is 143 Å². The summed E-state index contributed by atoms with van der Waals surface area (Å²) in [5, 5.41) is 0. The summed E-state index contributed by atoms with van der Waals surface area (Å²) in [6.07, 6.45) is 25.9. The topological polar surface area (TPSA) is 0 Å². The van der Waals surface area contributed by atoms with E-state index < -0.39 is 0 Å². The van der Waals surface area contributed by atoms with Gasteiger partial charge in [-0.25, -0.2) is 0 Å². The Morgan fingerprint density at radius 2 is 0.607 bits per heavy atom. The summed E-state index contributed by atoms with van der Waals surface area (Å²) in [6, 6.07) is 0. The maximum atomic E-state index is 2.46. The number of rotatable bonds is 22. The van der Waals surface area contributed by atoms with E-state index in [9.17, 15) is 0 Å². The third-order valence-corrected chi connectivity index (χ3v) is 6.63. The van der Waals surface area contributed by atoms with Crippen molar-refractivity contribution < 1.29 is 28.5 Å². The zero-order chi connectivity index (χ0) is 20.1.